The summed E-state index contributed by atoms with van der Waals surface area (Å²) < 4.78 is 69.3. The monoisotopic (exact) mass is 575 g/mol. The van der Waals surface area contributed by atoms with Gasteiger partial charge >= 0.3 is 6.18 Å². The lowest BCUT2D eigenvalue weighted by molar-refractivity contribution is -0.137. The zero-order valence-electron chi connectivity index (χ0n) is 23.8. The molecule has 7 heteroatoms. The van der Waals surface area contributed by atoms with Gasteiger partial charge in [0, 0.05) is 24.4 Å². The van der Waals surface area contributed by atoms with Crippen LogP contribution in [0.1, 0.15) is 48.9 Å². The Labute approximate surface area is 244 Å². The van der Waals surface area contributed by atoms with Gasteiger partial charge in [-0.1, -0.05) is 68.3 Å². The van der Waals surface area contributed by atoms with Crippen molar-refractivity contribution in [3.8, 4) is 23.5 Å². The molecule has 0 saturated heterocycles. The molecule has 1 unspecified atom stereocenters. The van der Waals surface area contributed by atoms with E-state index < -0.39 is 23.4 Å². The van der Waals surface area contributed by atoms with Gasteiger partial charge in [-0.2, -0.15) is 13.2 Å². The van der Waals surface area contributed by atoms with Gasteiger partial charge < -0.3 is 0 Å². The van der Waals surface area contributed by atoms with E-state index in [0.29, 0.717) is 29.8 Å². The summed E-state index contributed by atoms with van der Waals surface area (Å²) in [6.45, 7) is 6.83. The van der Waals surface area contributed by atoms with Crippen LogP contribution in [0, 0.1) is 36.8 Å². The first-order valence-corrected chi connectivity index (χ1v) is 13.5. The lowest BCUT2D eigenvalue weighted by Crippen LogP contribution is -2.11. The maximum absolute atomic E-state index is 14.5. The van der Waals surface area contributed by atoms with Gasteiger partial charge in [-0.25, -0.2) is 8.78 Å². The van der Waals surface area contributed by atoms with Crippen molar-refractivity contribution in [2.24, 2.45) is 15.9 Å². The van der Waals surface area contributed by atoms with E-state index in [1.807, 2.05) is 31.2 Å². The van der Waals surface area contributed by atoms with Crippen molar-refractivity contribution in [2.75, 3.05) is 7.05 Å². The summed E-state index contributed by atoms with van der Waals surface area (Å²) >= 11 is 0. The maximum atomic E-state index is 14.5. The third-order valence-electron chi connectivity index (χ3n) is 6.76. The van der Waals surface area contributed by atoms with Gasteiger partial charge in [0.25, 0.3) is 0 Å². The molecule has 217 valence electrons. The predicted octanol–water partition coefficient (Wildman–Crippen LogP) is 9.44. The lowest BCUT2D eigenvalue weighted by Gasteiger charge is -2.14. The van der Waals surface area contributed by atoms with E-state index in [1.54, 1.807) is 32.3 Å². The zero-order valence-corrected chi connectivity index (χ0v) is 23.8. The molecule has 1 heterocycles. The molecule has 1 aliphatic rings. The number of aliphatic imine (C=N–C) groups is 2. The average molecular weight is 576 g/mol. The molecule has 1 aliphatic heterocycles. The van der Waals surface area contributed by atoms with Crippen molar-refractivity contribution in [1.82, 2.24) is 0 Å². The first-order chi connectivity index (χ1) is 20.2. The van der Waals surface area contributed by atoms with Crippen LogP contribution in [0.4, 0.5) is 22.0 Å². The molecule has 0 saturated carbocycles. The second-order valence-corrected chi connectivity index (χ2v) is 9.31. The minimum atomic E-state index is -4.52. The highest BCUT2D eigenvalue weighted by Crippen LogP contribution is 2.38. The Morgan fingerprint density at radius 1 is 1.02 bits per heavy atom. The van der Waals surface area contributed by atoms with E-state index in [0.717, 1.165) is 29.7 Å². The van der Waals surface area contributed by atoms with Gasteiger partial charge in [-0.3, -0.25) is 9.98 Å². The number of halogens is 5. The number of alkyl halides is 3. The number of hydrogen-bond acceptors (Lipinski definition) is 2. The number of benzene rings is 3. The fraction of sp³-hybridized carbons (Fsp3) is 0.229. The first kappa shape index (κ1) is 32.2. The van der Waals surface area contributed by atoms with E-state index >= 15 is 0 Å². The number of nitrogens with zero attached hydrogens (tertiary/aromatic N) is 2. The molecule has 0 amide bonds. The van der Waals surface area contributed by atoms with Crippen LogP contribution >= 0.6 is 0 Å². The minimum Gasteiger partial charge on any atom is -0.300 e. The lowest BCUT2D eigenvalue weighted by atomic mass is 9.92. The summed E-state index contributed by atoms with van der Waals surface area (Å²) in [5, 5.41) is 0. The van der Waals surface area contributed by atoms with E-state index in [-0.39, 0.29) is 22.6 Å². The standard InChI is InChI=1S/C33H27F5N2.C2H5/c1-4-21-15-18-25(28(19-21)33(36,37)38)23-16-13-22(14-17-23)9-6-7-12-30-27(20-39-3)24(5-2)32(40-30)26-10-8-11-29(34)31(26)35;1-2/h1,5,8,10-20,27H,6-7,9H2,2-3H3;1H2,2H3/b24-5+,30-12+,39-20?;. The van der Waals surface area contributed by atoms with Gasteiger partial charge in [-0.15, -0.1) is 6.42 Å². The van der Waals surface area contributed by atoms with Gasteiger partial charge in [0.1, 0.15) is 0 Å². The Morgan fingerprint density at radius 3 is 2.36 bits per heavy atom. The van der Waals surface area contributed by atoms with Crippen molar-refractivity contribution < 1.29 is 22.0 Å². The highest BCUT2D eigenvalue weighted by Gasteiger charge is 2.34. The molecule has 3 aromatic rings. The van der Waals surface area contributed by atoms with Crippen molar-refractivity contribution in [3.05, 3.63) is 125 Å². The minimum absolute atomic E-state index is 0.0795. The van der Waals surface area contributed by atoms with Crippen LogP contribution in [0.2, 0.25) is 0 Å². The van der Waals surface area contributed by atoms with Crippen LogP contribution in [0.5, 0.6) is 0 Å². The molecular weight excluding hydrogens is 543 g/mol. The molecule has 42 heavy (non-hydrogen) atoms. The number of unbranched alkanes of at least 4 members (excludes halogenated alkanes) is 1. The third-order valence-corrected chi connectivity index (χ3v) is 6.76. The molecule has 0 aliphatic carbocycles. The highest BCUT2D eigenvalue weighted by atomic mass is 19.4. The van der Waals surface area contributed by atoms with Crippen molar-refractivity contribution >= 4 is 11.9 Å². The fourth-order valence-corrected chi connectivity index (χ4v) is 4.79. The highest BCUT2D eigenvalue weighted by molar-refractivity contribution is 6.17. The molecule has 0 bridgehead atoms. The van der Waals surface area contributed by atoms with E-state index in [1.165, 1.54) is 24.3 Å². The summed E-state index contributed by atoms with van der Waals surface area (Å²) in [5.41, 5.74) is 2.89. The predicted molar refractivity (Wildman–Crippen MR) is 161 cm³/mol. The molecule has 2 nitrogen and oxygen atoms in total. The van der Waals surface area contributed by atoms with Crippen molar-refractivity contribution in [2.45, 2.75) is 39.3 Å². The summed E-state index contributed by atoms with van der Waals surface area (Å²) in [6, 6.07) is 14.9. The third kappa shape index (κ3) is 7.30. The first-order valence-electron chi connectivity index (χ1n) is 13.5. The Kier molecular flexibility index (Phi) is 11.2. The normalized spacial score (nSPS) is 16.9. The molecule has 3 aromatic carbocycles. The van der Waals surface area contributed by atoms with E-state index in [2.05, 4.69) is 22.8 Å². The topological polar surface area (TPSA) is 24.7 Å². The smallest absolute Gasteiger partial charge is 0.300 e. The molecule has 0 spiro atoms. The number of terminal acetylenes is 1. The van der Waals surface area contributed by atoms with E-state index in [4.69, 9.17) is 6.42 Å². The Bertz CT molecular complexity index is 1550. The second-order valence-electron chi connectivity index (χ2n) is 9.31. The van der Waals surface area contributed by atoms with Crippen molar-refractivity contribution in [1.29, 1.82) is 0 Å². The summed E-state index contributed by atoms with van der Waals surface area (Å²) in [6.07, 6.45) is 8.42. The Balaban J connectivity index is 0.00000237. The number of aryl methyl sites for hydroxylation is 1. The SMILES string of the molecule is C#Cc1ccc(-c2ccc(CCC/C=C3N=C(c4cccc(F)c4F)/C(=C/C)C/3C=NC)cc2)c(C(F)(F)F)c1.[CH2]C. The quantitative estimate of drug-likeness (QED) is 0.116. The Hall–Kier alpha value is -4.31. The largest absolute Gasteiger partial charge is 0.417 e. The molecular formula is C35H32F5N2. The van der Waals surface area contributed by atoms with Crippen LogP contribution in [0.15, 0.2) is 94.1 Å². The number of hydrogen-bond donors (Lipinski definition) is 0. The van der Waals surface area contributed by atoms with Gasteiger partial charge in [-0.05, 0) is 72.7 Å². The molecule has 0 fully saturated rings. The molecule has 1 atom stereocenters. The van der Waals surface area contributed by atoms with Crippen LogP contribution in [-0.2, 0) is 12.6 Å². The van der Waals surface area contributed by atoms with Gasteiger partial charge in [0.2, 0.25) is 0 Å². The molecule has 4 rings (SSSR count). The Morgan fingerprint density at radius 2 is 1.74 bits per heavy atom. The van der Waals surface area contributed by atoms with Crippen LogP contribution in [0.25, 0.3) is 11.1 Å². The van der Waals surface area contributed by atoms with Gasteiger partial charge in [0.15, 0.2) is 11.6 Å². The summed E-state index contributed by atoms with van der Waals surface area (Å²) in [5.74, 6) is 0.115. The number of allylic oxidation sites excluding steroid dienone is 3. The van der Waals surface area contributed by atoms with Gasteiger partial charge in [0.05, 0.1) is 22.9 Å². The molecule has 1 radical (unpaired) electrons. The summed E-state index contributed by atoms with van der Waals surface area (Å²) in [4.78, 5) is 8.80. The molecule has 0 aromatic heterocycles. The second kappa shape index (κ2) is 14.5. The fourth-order valence-electron chi connectivity index (χ4n) is 4.79. The van der Waals surface area contributed by atoms with E-state index in [9.17, 15) is 22.0 Å². The van der Waals surface area contributed by atoms with Crippen LogP contribution in [-0.4, -0.2) is 19.0 Å². The number of rotatable bonds is 7. The average Bonchev–Trinajstić information content (AvgIpc) is 3.34. The maximum Gasteiger partial charge on any atom is 0.417 e. The van der Waals surface area contributed by atoms with Crippen LogP contribution < -0.4 is 0 Å². The zero-order chi connectivity index (χ0) is 30.9. The molecule has 0 N–H and O–H groups in total. The van der Waals surface area contributed by atoms with Crippen molar-refractivity contribution in [3.63, 3.8) is 0 Å². The summed E-state index contributed by atoms with van der Waals surface area (Å²) in [7, 11) is 1.65. The van der Waals surface area contributed by atoms with Crippen LogP contribution in [0.3, 0.4) is 0 Å².